The number of carbonyl (C=O) groups is 1. The van der Waals surface area contributed by atoms with Gasteiger partial charge in [0.1, 0.15) is 11.9 Å². The summed E-state index contributed by atoms with van der Waals surface area (Å²) in [6.07, 6.45) is 2.74. The lowest BCUT2D eigenvalue weighted by atomic mass is 10.1. The standard InChI is InChI=1S/C19H19ClO2/c20-13-12-18(14-4-2-1-3-5-14)22-17-10-8-16(9-11-17)19(21)15-6-7-15/h1-5,8-11,15,18H,6-7,12-13H2. The maximum Gasteiger partial charge on any atom is 0.165 e. The molecule has 0 bridgehead atoms. The van der Waals surface area contributed by atoms with E-state index in [0.717, 1.165) is 36.1 Å². The van der Waals surface area contributed by atoms with Crippen LogP contribution in [-0.4, -0.2) is 11.7 Å². The number of carbonyl (C=O) groups excluding carboxylic acids is 1. The number of Topliss-reactive ketones (excluding diaryl/α,β-unsaturated/α-hetero) is 1. The molecule has 2 aromatic carbocycles. The fourth-order valence-corrected chi connectivity index (χ4v) is 2.70. The zero-order valence-corrected chi connectivity index (χ0v) is 13.1. The Balaban J connectivity index is 1.71. The molecule has 0 heterocycles. The van der Waals surface area contributed by atoms with Gasteiger partial charge in [-0.1, -0.05) is 30.3 Å². The Kier molecular flexibility index (Phi) is 4.79. The van der Waals surface area contributed by atoms with E-state index in [-0.39, 0.29) is 17.8 Å². The average Bonchev–Trinajstić information content (AvgIpc) is 3.40. The van der Waals surface area contributed by atoms with Gasteiger partial charge in [-0.05, 0) is 42.7 Å². The Morgan fingerprint density at radius 3 is 2.36 bits per heavy atom. The molecular formula is C19H19ClO2. The van der Waals surface area contributed by atoms with Crippen LogP contribution in [0.4, 0.5) is 0 Å². The highest BCUT2D eigenvalue weighted by molar-refractivity contribution is 6.17. The minimum atomic E-state index is -0.0660. The topological polar surface area (TPSA) is 26.3 Å². The number of ether oxygens (including phenoxy) is 1. The fraction of sp³-hybridized carbons (Fsp3) is 0.316. The smallest absolute Gasteiger partial charge is 0.165 e. The van der Waals surface area contributed by atoms with Gasteiger partial charge < -0.3 is 4.74 Å². The van der Waals surface area contributed by atoms with E-state index in [0.29, 0.717) is 5.88 Å². The molecule has 1 aliphatic carbocycles. The Labute approximate surface area is 136 Å². The molecule has 0 aliphatic heterocycles. The van der Waals surface area contributed by atoms with E-state index in [9.17, 15) is 4.79 Å². The van der Waals surface area contributed by atoms with E-state index in [4.69, 9.17) is 16.3 Å². The monoisotopic (exact) mass is 314 g/mol. The highest BCUT2D eigenvalue weighted by Gasteiger charge is 2.30. The average molecular weight is 315 g/mol. The first-order valence-electron chi connectivity index (χ1n) is 7.70. The van der Waals surface area contributed by atoms with Crippen molar-refractivity contribution in [1.82, 2.24) is 0 Å². The second-order valence-corrected chi connectivity index (χ2v) is 6.04. The summed E-state index contributed by atoms with van der Waals surface area (Å²) in [5, 5.41) is 0. The van der Waals surface area contributed by atoms with Gasteiger partial charge in [-0.2, -0.15) is 0 Å². The summed E-state index contributed by atoms with van der Waals surface area (Å²) in [6.45, 7) is 0. The van der Waals surface area contributed by atoms with Crippen LogP contribution >= 0.6 is 11.6 Å². The number of hydrogen-bond acceptors (Lipinski definition) is 2. The fourth-order valence-electron chi connectivity index (χ4n) is 2.50. The van der Waals surface area contributed by atoms with E-state index in [2.05, 4.69) is 0 Å². The first kappa shape index (κ1) is 15.1. The van der Waals surface area contributed by atoms with Crippen LogP contribution in [-0.2, 0) is 0 Å². The Morgan fingerprint density at radius 2 is 1.77 bits per heavy atom. The molecule has 1 fully saturated rings. The lowest BCUT2D eigenvalue weighted by Crippen LogP contribution is -2.08. The van der Waals surface area contributed by atoms with Gasteiger partial charge in [-0.3, -0.25) is 4.79 Å². The van der Waals surface area contributed by atoms with Gasteiger partial charge in [-0.25, -0.2) is 0 Å². The van der Waals surface area contributed by atoms with E-state index < -0.39 is 0 Å². The highest BCUT2D eigenvalue weighted by atomic mass is 35.5. The molecule has 0 amide bonds. The molecule has 2 nitrogen and oxygen atoms in total. The third kappa shape index (κ3) is 3.69. The van der Waals surface area contributed by atoms with Crippen molar-refractivity contribution in [2.45, 2.75) is 25.4 Å². The summed E-state index contributed by atoms with van der Waals surface area (Å²) in [5.41, 5.74) is 1.89. The SMILES string of the molecule is O=C(c1ccc(OC(CCCl)c2ccccc2)cc1)C1CC1. The summed E-state index contributed by atoms with van der Waals surface area (Å²) < 4.78 is 6.06. The molecule has 22 heavy (non-hydrogen) atoms. The van der Waals surface area contributed by atoms with Crippen LogP contribution in [0.15, 0.2) is 54.6 Å². The molecule has 0 saturated heterocycles. The first-order chi connectivity index (χ1) is 10.8. The number of benzene rings is 2. The Morgan fingerprint density at radius 1 is 1.09 bits per heavy atom. The van der Waals surface area contributed by atoms with Crippen LogP contribution in [0.25, 0.3) is 0 Å². The predicted molar refractivity (Wildman–Crippen MR) is 88.6 cm³/mol. The van der Waals surface area contributed by atoms with Crippen molar-refractivity contribution in [1.29, 1.82) is 0 Å². The first-order valence-corrected chi connectivity index (χ1v) is 8.23. The number of rotatable bonds is 7. The van der Waals surface area contributed by atoms with Gasteiger partial charge in [0.15, 0.2) is 5.78 Å². The third-order valence-electron chi connectivity index (χ3n) is 3.91. The van der Waals surface area contributed by atoms with Gasteiger partial charge in [0, 0.05) is 23.8 Å². The van der Waals surface area contributed by atoms with Gasteiger partial charge in [0.25, 0.3) is 0 Å². The molecule has 1 atom stereocenters. The van der Waals surface area contributed by atoms with Crippen molar-refractivity contribution in [3.63, 3.8) is 0 Å². The Hall–Kier alpha value is -1.80. The minimum Gasteiger partial charge on any atom is -0.486 e. The lowest BCUT2D eigenvalue weighted by Gasteiger charge is -2.19. The quantitative estimate of drug-likeness (QED) is 0.529. The molecule has 0 N–H and O–H groups in total. The number of alkyl halides is 1. The lowest BCUT2D eigenvalue weighted by molar-refractivity contribution is 0.0967. The van der Waals surface area contributed by atoms with E-state index >= 15 is 0 Å². The van der Waals surface area contributed by atoms with Gasteiger partial charge >= 0.3 is 0 Å². The summed E-state index contributed by atoms with van der Waals surface area (Å²) in [4.78, 5) is 12.0. The molecule has 3 rings (SSSR count). The summed E-state index contributed by atoms with van der Waals surface area (Å²) in [7, 11) is 0. The molecule has 1 saturated carbocycles. The second kappa shape index (κ2) is 6.97. The maximum absolute atomic E-state index is 12.0. The summed E-state index contributed by atoms with van der Waals surface area (Å²) >= 11 is 5.90. The molecule has 3 heteroatoms. The largest absolute Gasteiger partial charge is 0.486 e. The van der Waals surface area contributed by atoms with Crippen molar-refractivity contribution in [3.05, 3.63) is 65.7 Å². The zero-order valence-electron chi connectivity index (χ0n) is 12.4. The number of hydrogen-bond donors (Lipinski definition) is 0. The van der Waals surface area contributed by atoms with Crippen molar-refractivity contribution in [2.24, 2.45) is 5.92 Å². The molecule has 0 spiro atoms. The van der Waals surface area contributed by atoms with Crippen molar-refractivity contribution in [2.75, 3.05) is 5.88 Å². The van der Waals surface area contributed by atoms with E-state index in [1.54, 1.807) is 0 Å². The van der Waals surface area contributed by atoms with E-state index in [1.807, 2.05) is 54.6 Å². The predicted octanol–water partition coefficient (Wildman–Crippen LogP) is 5.03. The molecule has 2 aromatic rings. The minimum absolute atomic E-state index is 0.0660. The molecule has 0 radical (unpaired) electrons. The Bertz CT molecular complexity index is 618. The number of ketones is 1. The molecule has 1 aliphatic rings. The normalized spacial score (nSPS) is 15.3. The van der Waals surface area contributed by atoms with Crippen LogP contribution in [0.5, 0.6) is 5.75 Å². The van der Waals surface area contributed by atoms with Crippen molar-refractivity contribution in [3.8, 4) is 5.75 Å². The number of halogens is 1. The summed E-state index contributed by atoms with van der Waals surface area (Å²) in [6, 6.07) is 17.5. The van der Waals surface area contributed by atoms with E-state index in [1.165, 1.54) is 0 Å². The van der Waals surface area contributed by atoms with Gasteiger partial charge in [0.2, 0.25) is 0 Å². The highest BCUT2D eigenvalue weighted by Crippen LogP contribution is 2.33. The van der Waals surface area contributed by atoms with Crippen LogP contribution < -0.4 is 4.74 Å². The van der Waals surface area contributed by atoms with Crippen molar-refractivity contribution < 1.29 is 9.53 Å². The van der Waals surface area contributed by atoms with Crippen LogP contribution in [0.2, 0.25) is 0 Å². The van der Waals surface area contributed by atoms with Crippen LogP contribution in [0, 0.1) is 5.92 Å². The van der Waals surface area contributed by atoms with Gasteiger partial charge in [0.05, 0.1) is 0 Å². The van der Waals surface area contributed by atoms with Crippen LogP contribution in [0.1, 0.15) is 41.3 Å². The van der Waals surface area contributed by atoms with Gasteiger partial charge in [-0.15, -0.1) is 11.6 Å². The molecule has 114 valence electrons. The van der Waals surface area contributed by atoms with Crippen molar-refractivity contribution >= 4 is 17.4 Å². The second-order valence-electron chi connectivity index (χ2n) is 5.66. The molecule has 1 unspecified atom stereocenters. The summed E-state index contributed by atoms with van der Waals surface area (Å²) in [5.74, 6) is 1.82. The third-order valence-corrected chi connectivity index (χ3v) is 4.13. The van der Waals surface area contributed by atoms with Crippen LogP contribution in [0.3, 0.4) is 0 Å². The molecule has 0 aromatic heterocycles. The maximum atomic E-state index is 12.0. The zero-order chi connectivity index (χ0) is 15.4. The molecular weight excluding hydrogens is 296 g/mol.